The van der Waals surface area contributed by atoms with Crippen molar-refractivity contribution in [1.82, 2.24) is 25.1 Å². The molecule has 0 spiro atoms. The van der Waals surface area contributed by atoms with Crippen LogP contribution in [-0.2, 0) is 0 Å². The number of nitrogens with one attached hydrogen (secondary N) is 2. The van der Waals surface area contributed by atoms with Crippen LogP contribution >= 0.6 is 0 Å². The molecule has 2 aliphatic rings. The van der Waals surface area contributed by atoms with Gasteiger partial charge in [0.05, 0.1) is 6.20 Å². The first kappa shape index (κ1) is 15.2. The first-order valence-corrected chi connectivity index (χ1v) is 7.80. The average molecular weight is 305 g/mol. The fourth-order valence-corrected chi connectivity index (χ4v) is 2.87. The number of piperazine rings is 1. The number of aromatic amines is 1. The van der Waals surface area contributed by atoms with E-state index < -0.39 is 0 Å². The summed E-state index contributed by atoms with van der Waals surface area (Å²) in [6.45, 7) is 6.17. The van der Waals surface area contributed by atoms with Crippen molar-refractivity contribution in [3.05, 3.63) is 28.4 Å². The van der Waals surface area contributed by atoms with E-state index in [0.717, 1.165) is 38.9 Å². The summed E-state index contributed by atoms with van der Waals surface area (Å²) in [5.74, 6) is -0.221. The highest BCUT2D eigenvalue weighted by atomic mass is 16.2. The standard InChI is InChI=1S/C15H23N5O2/c1-19-4-6-20(7-5-19)11-15(2-3-15)10-18-14(22)12-8-17-13(21)9-16-12/h8-9H,2-7,10-11H2,1H3,(H,17,21)(H,18,22). The molecule has 0 atom stereocenters. The number of H-pyrrole nitrogens is 1. The number of aromatic nitrogens is 2. The Morgan fingerprint density at radius 3 is 2.68 bits per heavy atom. The van der Waals surface area contributed by atoms with Gasteiger partial charge in [0.1, 0.15) is 5.69 Å². The molecule has 1 aliphatic heterocycles. The number of nitrogens with zero attached hydrogens (tertiary/aromatic N) is 3. The van der Waals surface area contributed by atoms with Crippen LogP contribution < -0.4 is 10.9 Å². The second-order valence-corrected chi connectivity index (χ2v) is 6.56. The molecule has 2 N–H and O–H groups in total. The lowest BCUT2D eigenvalue weighted by Gasteiger charge is -2.34. The zero-order valence-corrected chi connectivity index (χ0v) is 13.0. The van der Waals surface area contributed by atoms with Crippen molar-refractivity contribution in [3.63, 3.8) is 0 Å². The highest BCUT2D eigenvalue weighted by molar-refractivity contribution is 5.91. The minimum Gasteiger partial charge on any atom is -0.350 e. The molecule has 2 heterocycles. The predicted molar refractivity (Wildman–Crippen MR) is 82.8 cm³/mol. The predicted octanol–water partition coefficient (Wildman–Crippen LogP) is -0.473. The lowest BCUT2D eigenvalue weighted by molar-refractivity contribution is 0.0921. The van der Waals surface area contributed by atoms with Crippen LogP contribution in [0.15, 0.2) is 17.2 Å². The van der Waals surface area contributed by atoms with Crippen LogP contribution in [0.3, 0.4) is 0 Å². The molecule has 0 bridgehead atoms. The van der Waals surface area contributed by atoms with Gasteiger partial charge in [-0.2, -0.15) is 0 Å². The highest BCUT2D eigenvalue weighted by Crippen LogP contribution is 2.45. The second-order valence-electron chi connectivity index (χ2n) is 6.56. The quantitative estimate of drug-likeness (QED) is 0.768. The van der Waals surface area contributed by atoms with E-state index in [1.54, 1.807) is 0 Å². The molecule has 120 valence electrons. The minimum absolute atomic E-state index is 0.221. The molecule has 1 saturated heterocycles. The van der Waals surface area contributed by atoms with Crippen LogP contribution in [0.4, 0.5) is 0 Å². The third kappa shape index (κ3) is 3.72. The number of carbonyl (C=O) groups excluding carboxylic acids is 1. The molecule has 0 radical (unpaired) electrons. The molecule has 1 aliphatic carbocycles. The van der Waals surface area contributed by atoms with Gasteiger partial charge in [0.2, 0.25) is 0 Å². The summed E-state index contributed by atoms with van der Waals surface area (Å²) in [7, 11) is 2.15. The molecule has 1 aromatic rings. The Morgan fingerprint density at radius 2 is 2.09 bits per heavy atom. The van der Waals surface area contributed by atoms with Crippen molar-refractivity contribution in [2.45, 2.75) is 12.8 Å². The van der Waals surface area contributed by atoms with Gasteiger partial charge in [0.15, 0.2) is 0 Å². The summed E-state index contributed by atoms with van der Waals surface area (Å²) in [5, 5.41) is 2.96. The Bertz CT molecular complexity index is 567. The Morgan fingerprint density at radius 1 is 1.36 bits per heavy atom. The number of amides is 1. The molecule has 0 unspecified atom stereocenters. The first-order chi connectivity index (χ1) is 10.6. The number of hydrogen-bond donors (Lipinski definition) is 2. The van der Waals surface area contributed by atoms with Gasteiger partial charge < -0.3 is 20.1 Å². The second kappa shape index (κ2) is 6.18. The van der Waals surface area contributed by atoms with Crippen LogP contribution in [0.25, 0.3) is 0 Å². The number of hydrogen-bond acceptors (Lipinski definition) is 5. The van der Waals surface area contributed by atoms with E-state index in [0.29, 0.717) is 6.54 Å². The Balaban J connectivity index is 1.49. The van der Waals surface area contributed by atoms with Crippen molar-refractivity contribution < 1.29 is 4.79 Å². The third-order valence-electron chi connectivity index (χ3n) is 4.64. The van der Waals surface area contributed by atoms with Gasteiger partial charge in [-0.1, -0.05) is 0 Å². The summed E-state index contributed by atoms with van der Waals surface area (Å²) in [5.41, 5.74) is 0.189. The molecule has 22 heavy (non-hydrogen) atoms. The van der Waals surface area contributed by atoms with E-state index in [2.05, 4.69) is 32.1 Å². The van der Waals surface area contributed by atoms with E-state index in [-0.39, 0.29) is 22.6 Å². The zero-order chi connectivity index (χ0) is 15.6. The van der Waals surface area contributed by atoms with E-state index in [9.17, 15) is 9.59 Å². The summed E-state index contributed by atoms with van der Waals surface area (Å²) >= 11 is 0. The smallest absolute Gasteiger partial charge is 0.271 e. The molecule has 1 aromatic heterocycles. The van der Waals surface area contributed by atoms with Gasteiger partial charge >= 0.3 is 0 Å². The zero-order valence-electron chi connectivity index (χ0n) is 13.0. The number of likely N-dealkylation sites (N-methyl/N-ethyl adjacent to an activating group) is 1. The van der Waals surface area contributed by atoms with Crippen molar-refractivity contribution in [3.8, 4) is 0 Å². The molecule has 7 nitrogen and oxygen atoms in total. The molecule has 0 aromatic carbocycles. The molecule has 1 saturated carbocycles. The van der Waals surface area contributed by atoms with Gasteiger partial charge in [-0.3, -0.25) is 9.59 Å². The summed E-state index contributed by atoms with van der Waals surface area (Å²) in [6.07, 6.45) is 4.82. The molecular weight excluding hydrogens is 282 g/mol. The topological polar surface area (TPSA) is 81.3 Å². The van der Waals surface area contributed by atoms with Crippen molar-refractivity contribution >= 4 is 5.91 Å². The molecule has 2 fully saturated rings. The number of carbonyl (C=O) groups is 1. The first-order valence-electron chi connectivity index (χ1n) is 7.80. The maximum absolute atomic E-state index is 12.0. The summed E-state index contributed by atoms with van der Waals surface area (Å²) < 4.78 is 0. The Labute approximate surface area is 129 Å². The van der Waals surface area contributed by atoms with Crippen molar-refractivity contribution in [2.24, 2.45) is 5.41 Å². The lowest BCUT2D eigenvalue weighted by Crippen LogP contribution is -2.48. The van der Waals surface area contributed by atoms with Crippen LogP contribution in [0.2, 0.25) is 0 Å². The molecular formula is C15H23N5O2. The third-order valence-corrected chi connectivity index (χ3v) is 4.64. The fraction of sp³-hybridized carbons (Fsp3) is 0.667. The molecule has 3 rings (SSSR count). The van der Waals surface area contributed by atoms with Gasteiger partial charge in [0.25, 0.3) is 11.5 Å². The van der Waals surface area contributed by atoms with E-state index in [4.69, 9.17) is 0 Å². The minimum atomic E-state index is -0.301. The SMILES string of the molecule is CN1CCN(CC2(CNC(=O)c3c[nH]c(=O)cn3)CC2)CC1. The van der Waals surface area contributed by atoms with Crippen LogP contribution in [-0.4, -0.2) is 72.0 Å². The Hall–Kier alpha value is -1.73. The van der Waals surface area contributed by atoms with Gasteiger partial charge in [-0.15, -0.1) is 0 Å². The van der Waals surface area contributed by atoms with Gasteiger partial charge in [-0.05, 0) is 19.9 Å². The monoisotopic (exact) mass is 305 g/mol. The largest absolute Gasteiger partial charge is 0.350 e. The number of rotatable bonds is 5. The van der Waals surface area contributed by atoms with E-state index in [1.807, 2.05) is 0 Å². The molecule has 1 amide bonds. The average Bonchev–Trinajstić information content (AvgIpc) is 3.28. The van der Waals surface area contributed by atoms with E-state index in [1.165, 1.54) is 19.0 Å². The fourth-order valence-electron chi connectivity index (χ4n) is 2.87. The maximum atomic E-state index is 12.0. The van der Waals surface area contributed by atoms with E-state index >= 15 is 0 Å². The maximum Gasteiger partial charge on any atom is 0.271 e. The normalized spacial score (nSPS) is 21.5. The van der Waals surface area contributed by atoms with Crippen molar-refractivity contribution in [2.75, 3.05) is 46.3 Å². The van der Waals surface area contributed by atoms with Crippen LogP contribution in [0.5, 0.6) is 0 Å². The van der Waals surface area contributed by atoms with Crippen LogP contribution in [0.1, 0.15) is 23.3 Å². The van der Waals surface area contributed by atoms with Crippen LogP contribution in [0, 0.1) is 5.41 Å². The summed E-state index contributed by atoms with van der Waals surface area (Å²) in [6, 6.07) is 0. The van der Waals surface area contributed by atoms with Gasteiger partial charge in [0, 0.05) is 50.9 Å². The molecule has 7 heteroatoms. The van der Waals surface area contributed by atoms with Crippen molar-refractivity contribution in [1.29, 1.82) is 0 Å². The Kier molecular flexibility index (Phi) is 4.26. The highest BCUT2D eigenvalue weighted by Gasteiger charge is 2.44. The van der Waals surface area contributed by atoms with Gasteiger partial charge in [-0.25, -0.2) is 4.98 Å². The summed E-state index contributed by atoms with van der Waals surface area (Å²) in [4.78, 5) is 34.2. The lowest BCUT2D eigenvalue weighted by atomic mass is 10.1.